The molecule has 0 aliphatic heterocycles. The van der Waals surface area contributed by atoms with Gasteiger partial charge in [-0.25, -0.2) is 4.79 Å². The fraction of sp³-hybridized carbons (Fsp3) is 0.372. The summed E-state index contributed by atoms with van der Waals surface area (Å²) in [4.78, 5) is 41.4. The molecule has 0 fully saturated rings. The fourth-order valence-electron chi connectivity index (χ4n) is 6.64. The molecule has 1 aliphatic carbocycles. The van der Waals surface area contributed by atoms with Gasteiger partial charge in [0.05, 0.1) is 30.9 Å². The number of hydrogen-bond acceptors (Lipinski definition) is 9. The predicted octanol–water partition coefficient (Wildman–Crippen LogP) is 3.72. The van der Waals surface area contributed by atoms with Crippen LogP contribution in [0.25, 0.3) is 0 Å². The standard InChI is InChI=1S/C43H52N4O8/c1-43(2,3)39(47-42(53)55-27-30-14-8-5-9-15-30)41(52)45-34(24-28-12-6-4-7-13-28)38(50)37(44-26-29-18-20-32(21-19-29)54-23-22-48)40(51)46-36-33-17-11-10-16-31(33)25-35(36)49/h4-21,34-39,44,48-50H,22-27H2,1-3H3,(H,45,52)(H,46,51)(H,47,53)/t34-,35+,36-,37+,38-,39+/m0/s1. The molecule has 0 saturated carbocycles. The average Bonchev–Trinajstić information content (AvgIpc) is 3.49. The van der Waals surface area contributed by atoms with E-state index in [9.17, 15) is 24.6 Å². The van der Waals surface area contributed by atoms with Gasteiger partial charge in [0, 0.05) is 13.0 Å². The van der Waals surface area contributed by atoms with Crippen LogP contribution < -0.4 is 26.0 Å². The van der Waals surface area contributed by atoms with Crippen molar-refractivity contribution in [2.45, 2.75) is 83.1 Å². The molecule has 0 bridgehead atoms. The largest absolute Gasteiger partial charge is 0.491 e. The van der Waals surface area contributed by atoms with Gasteiger partial charge in [0.15, 0.2) is 0 Å². The summed E-state index contributed by atoms with van der Waals surface area (Å²) in [6.45, 7) is 5.62. The molecule has 1 aliphatic rings. The van der Waals surface area contributed by atoms with E-state index in [0.717, 1.165) is 27.8 Å². The van der Waals surface area contributed by atoms with Crippen molar-refractivity contribution >= 4 is 17.9 Å². The van der Waals surface area contributed by atoms with Gasteiger partial charge in [-0.1, -0.05) is 118 Å². The SMILES string of the molecule is CC(C)(C)[C@H](NC(=O)OCc1ccccc1)C(=O)N[C@@H](Cc1ccccc1)[C@H](O)[C@@H](NCc1ccc(OCCO)cc1)C(=O)N[C@H]1c2ccccc2C[C@H]1O. The number of carbonyl (C=O) groups is 3. The summed E-state index contributed by atoms with van der Waals surface area (Å²) in [7, 11) is 0. The zero-order chi connectivity index (χ0) is 39.4. The second kappa shape index (κ2) is 19.4. The van der Waals surface area contributed by atoms with Gasteiger partial charge in [0.2, 0.25) is 11.8 Å². The minimum atomic E-state index is -1.49. The minimum absolute atomic E-state index is 0.0154. The number of nitrogens with one attached hydrogen (secondary N) is 4. The Morgan fingerprint density at radius 3 is 2.09 bits per heavy atom. The maximum atomic E-state index is 14.3. The van der Waals surface area contributed by atoms with Crippen LogP contribution in [0.4, 0.5) is 4.79 Å². The summed E-state index contributed by atoms with van der Waals surface area (Å²) in [5, 5.41) is 44.2. The maximum Gasteiger partial charge on any atom is 0.408 e. The third kappa shape index (κ3) is 11.6. The minimum Gasteiger partial charge on any atom is -0.491 e. The predicted molar refractivity (Wildman–Crippen MR) is 208 cm³/mol. The summed E-state index contributed by atoms with van der Waals surface area (Å²) in [6, 6.07) is 29.0. The Labute approximate surface area is 322 Å². The Bertz CT molecular complexity index is 1840. The van der Waals surface area contributed by atoms with Crippen molar-refractivity contribution in [3.05, 3.63) is 137 Å². The van der Waals surface area contributed by atoms with E-state index < -0.39 is 59.7 Å². The van der Waals surface area contributed by atoms with Gasteiger partial charge in [-0.3, -0.25) is 14.9 Å². The molecule has 0 spiro atoms. The summed E-state index contributed by atoms with van der Waals surface area (Å²) in [5.74, 6) is -0.571. The van der Waals surface area contributed by atoms with Gasteiger partial charge in [-0.2, -0.15) is 0 Å². The molecule has 0 aromatic heterocycles. The number of rotatable bonds is 17. The number of alkyl carbamates (subject to hydrolysis) is 1. The molecule has 3 amide bonds. The first-order chi connectivity index (χ1) is 26.4. The van der Waals surface area contributed by atoms with Crippen LogP contribution in [-0.4, -0.2) is 76.8 Å². The van der Waals surface area contributed by atoms with E-state index in [1.54, 1.807) is 45.0 Å². The molecule has 7 N–H and O–H groups in total. The number of aliphatic hydroxyl groups is 3. The number of hydrogen-bond donors (Lipinski definition) is 7. The highest BCUT2D eigenvalue weighted by Gasteiger charge is 2.40. The van der Waals surface area contributed by atoms with Crippen LogP contribution >= 0.6 is 0 Å². The van der Waals surface area contributed by atoms with E-state index in [4.69, 9.17) is 14.6 Å². The molecule has 0 radical (unpaired) electrons. The number of fused-ring (bicyclic) bond motifs is 1. The Balaban J connectivity index is 1.40. The van der Waals surface area contributed by atoms with Crippen molar-refractivity contribution in [2.24, 2.45) is 5.41 Å². The van der Waals surface area contributed by atoms with Gasteiger partial charge in [0.25, 0.3) is 0 Å². The molecule has 0 saturated heterocycles. The second-order valence-corrected chi connectivity index (χ2v) is 14.8. The first-order valence-corrected chi connectivity index (χ1v) is 18.5. The molecule has 6 atom stereocenters. The van der Waals surface area contributed by atoms with E-state index in [2.05, 4.69) is 21.3 Å². The van der Waals surface area contributed by atoms with Gasteiger partial charge in [-0.05, 0) is 51.8 Å². The summed E-state index contributed by atoms with van der Waals surface area (Å²) < 4.78 is 10.9. The number of benzene rings is 4. The third-order valence-corrected chi connectivity index (χ3v) is 9.58. The topological polar surface area (TPSA) is 178 Å². The molecule has 292 valence electrons. The molecule has 0 heterocycles. The zero-order valence-corrected chi connectivity index (χ0v) is 31.5. The van der Waals surface area contributed by atoms with Crippen molar-refractivity contribution in [1.29, 1.82) is 0 Å². The third-order valence-electron chi connectivity index (χ3n) is 9.58. The smallest absolute Gasteiger partial charge is 0.408 e. The van der Waals surface area contributed by atoms with E-state index in [1.807, 2.05) is 84.9 Å². The molecule has 12 nitrogen and oxygen atoms in total. The molecular weight excluding hydrogens is 700 g/mol. The van der Waals surface area contributed by atoms with E-state index in [0.29, 0.717) is 12.2 Å². The molecule has 12 heteroatoms. The van der Waals surface area contributed by atoms with Crippen molar-refractivity contribution < 1.29 is 39.2 Å². The molecule has 4 aromatic rings. The van der Waals surface area contributed by atoms with Gasteiger partial charge in [-0.15, -0.1) is 0 Å². The first kappa shape index (κ1) is 40.9. The lowest BCUT2D eigenvalue weighted by Crippen LogP contribution is -2.62. The molecule has 5 rings (SSSR count). The van der Waals surface area contributed by atoms with Crippen molar-refractivity contribution in [3.63, 3.8) is 0 Å². The van der Waals surface area contributed by atoms with Crippen LogP contribution in [0, 0.1) is 5.41 Å². The number of aliphatic hydroxyl groups excluding tert-OH is 3. The Kier molecular flexibility index (Phi) is 14.4. The van der Waals surface area contributed by atoms with E-state index >= 15 is 0 Å². The highest BCUT2D eigenvalue weighted by Crippen LogP contribution is 2.31. The van der Waals surface area contributed by atoms with Crippen molar-refractivity contribution in [2.75, 3.05) is 13.2 Å². The lowest BCUT2D eigenvalue weighted by molar-refractivity contribution is -0.131. The van der Waals surface area contributed by atoms with Crippen LogP contribution in [0.3, 0.4) is 0 Å². The summed E-state index contributed by atoms with van der Waals surface area (Å²) >= 11 is 0. The van der Waals surface area contributed by atoms with Crippen LogP contribution in [-0.2, 0) is 40.3 Å². The van der Waals surface area contributed by atoms with Crippen molar-refractivity contribution in [1.82, 2.24) is 21.3 Å². The zero-order valence-electron chi connectivity index (χ0n) is 31.5. The highest BCUT2D eigenvalue weighted by molar-refractivity contribution is 5.87. The lowest BCUT2D eigenvalue weighted by atomic mass is 9.85. The van der Waals surface area contributed by atoms with E-state index in [-0.39, 0.29) is 32.8 Å². The average molecular weight is 753 g/mol. The normalized spacial score (nSPS) is 17.2. The monoisotopic (exact) mass is 752 g/mol. The summed E-state index contributed by atoms with van der Waals surface area (Å²) in [5.41, 5.74) is 3.31. The first-order valence-electron chi connectivity index (χ1n) is 18.5. The van der Waals surface area contributed by atoms with Crippen LogP contribution in [0.15, 0.2) is 109 Å². The van der Waals surface area contributed by atoms with Crippen molar-refractivity contribution in [3.8, 4) is 5.75 Å². The molecular formula is C43H52N4O8. The van der Waals surface area contributed by atoms with Crippen LogP contribution in [0.2, 0.25) is 0 Å². The van der Waals surface area contributed by atoms with Gasteiger partial charge < -0.3 is 40.7 Å². The number of amides is 3. The quantitative estimate of drug-likeness (QED) is 0.0847. The molecule has 4 aromatic carbocycles. The van der Waals surface area contributed by atoms with Gasteiger partial charge in [0.1, 0.15) is 31.0 Å². The second-order valence-electron chi connectivity index (χ2n) is 14.8. The number of ether oxygens (including phenoxy) is 2. The fourth-order valence-corrected chi connectivity index (χ4v) is 6.64. The summed E-state index contributed by atoms with van der Waals surface area (Å²) in [6.07, 6.45) is -2.61. The number of carbonyl (C=O) groups excluding carboxylic acids is 3. The molecule has 0 unspecified atom stereocenters. The van der Waals surface area contributed by atoms with E-state index in [1.165, 1.54) is 0 Å². The lowest BCUT2D eigenvalue weighted by Gasteiger charge is -2.35. The molecule has 55 heavy (non-hydrogen) atoms. The Hall–Kier alpha value is -5.27. The van der Waals surface area contributed by atoms with Crippen LogP contribution in [0.5, 0.6) is 5.75 Å². The van der Waals surface area contributed by atoms with Crippen LogP contribution in [0.1, 0.15) is 54.6 Å². The van der Waals surface area contributed by atoms with Gasteiger partial charge >= 0.3 is 6.09 Å². The Morgan fingerprint density at radius 2 is 1.44 bits per heavy atom. The highest BCUT2D eigenvalue weighted by atomic mass is 16.5. The Morgan fingerprint density at radius 1 is 0.800 bits per heavy atom. The maximum absolute atomic E-state index is 14.3.